The van der Waals surface area contributed by atoms with Crippen LogP contribution in [0, 0.1) is 0 Å². The van der Waals surface area contributed by atoms with E-state index in [1.165, 1.54) is 27.8 Å². The van der Waals surface area contributed by atoms with Crippen LogP contribution in [0.2, 0.25) is 0 Å². The second-order valence-electron chi connectivity index (χ2n) is 19.1. The van der Waals surface area contributed by atoms with Crippen molar-refractivity contribution in [3.8, 4) is 61.8 Å². The molecule has 0 atom stereocenters. The average Bonchev–Trinajstić information content (AvgIpc) is 3.18. The Morgan fingerprint density at radius 2 is 1.00 bits per heavy atom. The number of pyridine rings is 2. The van der Waals surface area contributed by atoms with Crippen LogP contribution in [0.3, 0.4) is 0 Å². The monoisotopic (exact) mass is 760 g/mol. The Morgan fingerprint density at radius 3 is 1.49 bits per heavy atom. The lowest BCUT2D eigenvalue weighted by Crippen LogP contribution is -2.17. The minimum Gasteiger partial charge on any atom is -0.507 e. The highest BCUT2D eigenvalue weighted by molar-refractivity contribution is 5.84. The summed E-state index contributed by atoms with van der Waals surface area (Å²) < 4.78 is 27.8. The third-order valence-electron chi connectivity index (χ3n) is 11.2. The number of benzene rings is 4. The topological polar surface area (TPSA) is 46.0 Å². The molecule has 0 aliphatic carbocycles. The Morgan fingerprint density at radius 1 is 0.526 bits per heavy atom. The molecule has 0 aliphatic rings. The third-order valence-corrected chi connectivity index (χ3v) is 11.2. The van der Waals surface area contributed by atoms with Crippen LogP contribution in [0.4, 0.5) is 0 Å². The van der Waals surface area contributed by atoms with E-state index < -0.39 is 0 Å². The normalized spacial score (nSPS) is 13.1. The first-order chi connectivity index (χ1) is 28.0. The van der Waals surface area contributed by atoms with Gasteiger partial charge in [0.05, 0.1) is 21.2 Å². The number of rotatable bonds is 9. The molecule has 0 radical (unpaired) electrons. The van der Waals surface area contributed by atoms with Crippen molar-refractivity contribution in [1.29, 1.82) is 0 Å². The molecule has 2 heterocycles. The number of phenolic OH excluding ortho intramolecular Hbond substituents is 1. The van der Waals surface area contributed by atoms with E-state index in [9.17, 15) is 9.22 Å². The van der Waals surface area contributed by atoms with Gasteiger partial charge in [-0.05, 0) is 121 Å². The van der Waals surface area contributed by atoms with Crippen molar-refractivity contribution in [2.45, 2.75) is 131 Å². The summed E-state index contributed by atoms with van der Waals surface area (Å²) in [6.07, 6.45) is 1.79. The van der Waals surface area contributed by atoms with Crippen LogP contribution in [0.1, 0.15) is 158 Å². The lowest BCUT2D eigenvalue weighted by atomic mass is 9.78. The first kappa shape index (κ1) is 37.6. The van der Waals surface area contributed by atoms with Gasteiger partial charge in [-0.15, -0.1) is 0 Å². The second kappa shape index (κ2) is 16.1. The van der Waals surface area contributed by atoms with Gasteiger partial charge in [-0.3, -0.25) is 4.98 Å². The molecule has 0 aliphatic heterocycles. The molecule has 0 saturated carbocycles. The second-order valence-corrected chi connectivity index (χ2v) is 19.1. The zero-order valence-electron chi connectivity index (χ0n) is 39.7. The smallest absolute Gasteiger partial charge is 0.128 e. The third kappa shape index (κ3) is 8.64. The quantitative estimate of drug-likeness (QED) is 0.160. The fourth-order valence-electron chi connectivity index (χ4n) is 7.95. The van der Waals surface area contributed by atoms with E-state index in [1.54, 1.807) is 6.20 Å². The summed E-state index contributed by atoms with van der Waals surface area (Å²) in [6.45, 7) is 30.5. The SMILES string of the molecule is [2H]c1c(-c2cc(-c3c(C(C)C)cccc3C(C)C)ccn2)cc(-c2cc(-c3c(C(C)C)cccc3C(C)C)cc(-c3cc(C(C)(C)C)cc(C(C)(C)C)c3O)n2)c([2H])c1[2H]. The molecule has 6 aromatic rings. The van der Waals surface area contributed by atoms with Crippen molar-refractivity contribution in [2.75, 3.05) is 0 Å². The highest BCUT2D eigenvalue weighted by Gasteiger charge is 2.27. The van der Waals surface area contributed by atoms with Crippen LogP contribution < -0.4 is 0 Å². The Kier molecular flexibility index (Phi) is 10.6. The van der Waals surface area contributed by atoms with Crippen LogP contribution in [-0.4, -0.2) is 15.1 Å². The molecule has 2 aromatic heterocycles. The van der Waals surface area contributed by atoms with Crippen molar-refractivity contribution in [2.24, 2.45) is 0 Å². The van der Waals surface area contributed by atoms with Gasteiger partial charge in [0.15, 0.2) is 0 Å². The predicted molar refractivity (Wildman–Crippen MR) is 245 cm³/mol. The van der Waals surface area contributed by atoms with Crippen molar-refractivity contribution < 1.29 is 9.22 Å². The molecule has 0 saturated heterocycles. The van der Waals surface area contributed by atoms with Crippen molar-refractivity contribution in [1.82, 2.24) is 9.97 Å². The number of phenols is 1. The van der Waals surface area contributed by atoms with Crippen molar-refractivity contribution >= 4 is 0 Å². The summed E-state index contributed by atoms with van der Waals surface area (Å²) in [5.41, 5.74) is 13.6. The molecule has 0 amide bonds. The molecule has 3 heteroatoms. The Labute approximate surface area is 347 Å². The van der Waals surface area contributed by atoms with Gasteiger partial charge >= 0.3 is 0 Å². The maximum Gasteiger partial charge on any atom is 0.128 e. The van der Waals surface area contributed by atoms with Gasteiger partial charge < -0.3 is 5.11 Å². The molecule has 1 N–H and O–H groups in total. The largest absolute Gasteiger partial charge is 0.507 e. The fourth-order valence-corrected chi connectivity index (χ4v) is 7.95. The van der Waals surface area contributed by atoms with Crippen LogP contribution in [0.5, 0.6) is 5.75 Å². The highest BCUT2D eigenvalue weighted by Crippen LogP contribution is 2.45. The van der Waals surface area contributed by atoms with Crippen LogP contribution in [-0.2, 0) is 10.8 Å². The molecular formula is C54H64N2O. The number of hydrogen-bond donors (Lipinski definition) is 1. The van der Waals surface area contributed by atoms with E-state index >= 15 is 0 Å². The molecule has 0 bridgehead atoms. The van der Waals surface area contributed by atoms with Crippen LogP contribution >= 0.6 is 0 Å². The van der Waals surface area contributed by atoms with Gasteiger partial charge in [0.2, 0.25) is 0 Å². The average molecular weight is 760 g/mol. The van der Waals surface area contributed by atoms with Crippen LogP contribution in [0.25, 0.3) is 56.0 Å². The summed E-state index contributed by atoms with van der Waals surface area (Å²) in [4.78, 5) is 10.1. The van der Waals surface area contributed by atoms with E-state index in [2.05, 4.69) is 152 Å². The highest BCUT2D eigenvalue weighted by atomic mass is 16.3. The van der Waals surface area contributed by atoms with Crippen molar-refractivity contribution in [3.05, 3.63) is 137 Å². The minimum absolute atomic E-state index is 0.0522. The maximum atomic E-state index is 12.2. The van der Waals surface area contributed by atoms with E-state index in [1.807, 2.05) is 24.3 Å². The molecule has 0 unspecified atom stereocenters. The zero-order valence-corrected chi connectivity index (χ0v) is 36.7. The Bertz CT molecular complexity index is 2520. The van der Waals surface area contributed by atoms with Crippen molar-refractivity contribution in [3.63, 3.8) is 0 Å². The molecule has 6 rings (SSSR count). The standard InChI is InChI=1S/C54H64N2O/c1-32(2)41-20-16-21-42(33(3)4)50(41)38-24-25-55-47(27-38)36-18-15-19-37(26-36)48-28-39(51-43(34(5)6)22-17-23-44(51)35(7)8)29-49(56-48)45-30-40(53(9,10)11)31-46(52(45)57)54(12,13)14/h15-35,57H,1-14H3/i15D,18D,19D. The van der Waals surface area contributed by atoms with Gasteiger partial charge in [-0.25, -0.2) is 4.98 Å². The molecule has 0 fully saturated rings. The Balaban J connectivity index is 1.70. The lowest BCUT2D eigenvalue weighted by molar-refractivity contribution is 0.446. The molecule has 4 aromatic carbocycles. The van der Waals surface area contributed by atoms with E-state index in [-0.39, 0.29) is 46.5 Å². The molecule has 3 nitrogen and oxygen atoms in total. The fraction of sp³-hybridized carbons (Fsp3) is 0.370. The molecular weight excluding hydrogens is 693 g/mol. The summed E-state index contributed by atoms with van der Waals surface area (Å²) >= 11 is 0. The van der Waals surface area contributed by atoms with Gasteiger partial charge in [-0.2, -0.15) is 0 Å². The summed E-state index contributed by atoms with van der Waals surface area (Å²) in [7, 11) is 0. The predicted octanol–water partition coefficient (Wildman–Crippen LogP) is 15.6. The number of aromatic nitrogens is 2. The Hall–Kier alpha value is -5.02. The van der Waals surface area contributed by atoms with Gasteiger partial charge in [0.1, 0.15) is 5.75 Å². The summed E-state index contributed by atoms with van der Waals surface area (Å²) in [6, 6.07) is 26.9. The zero-order chi connectivity index (χ0) is 44.2. The van der Waals surface area contributed by atoms with E-state index in [0.29, 0.717) is 45.6 Å². The first-order valence-corrected chi connectivity index (χ1v) is 20.8. The maximum absolute atomic E-state index is 12.2. The molecule has 296 valence electrons. The van der Waals surface area contributed by atoms with Gasteiger partial charge in [0, 0.05) is 28.5 Å². The summed E-state index contributed by atoms with van der Waals surface area (Å²) in [5, 5.41) is 12.2. The molecule has 57 heavy (non-hydrogen) atoms. The lowest BCUT2D eigenvalue weighted by Gasteiger charge is -2.28. The van der Waals surface area contributed by atoms with Gasteiger partial charge in [0.25, 0.3) is 0 Å². The number of aromatic hydroxyl groups is 1. The minimum atomic E-state index is -0.351. The van der Waals surface area contributed by atoms with Crippen LogP contribution in [0.15, 0.2) is 103 Å². The summed E-state index contributed by atoms with van der Waals surface area (Å²) in [5.74, 6) is 1.22. The van der Waals surface area contributed by atoms with E-state index in [0.717, 1.165) is 27.8 Å². The first-order valence-electron chi connectivity index (χ1n) is 22.3. The number of nitrogens with zero attached hydrogens (tertiary/aromatic N) is 2. The molecule has 0 spiro atoms. The number of hydrogen-bond acceptors (Lipinski definition) is 3. The van der Waals surface area contributed by atoms with E-state index in [4.69, 9.17) is 9.97 Å². The van der Waals surface area contributed by atoms with Gasteiger partial charge in [-0.1, -0.05) is 158 Å².